The molecule has 0 spiro atoms. The van der Waals surface area contributed by atoms with E-state index < -0.39 is 11.7 Å². The smallest absolute Gasteiger partial charge is 0.348 e. The molecule has 24 heavy (non-hydrogen) atoms. The number of halogens is 1. The van der Waals surface area contributed by atoms with Crippen molar-refractivity contribution in [3.8, 4) is 11.5 Å². The Kier molecular flexibility index (Phi) is 5.68. The lowest BCUT2D eigenvalue weighted by atomic mass is 9.98. The molecule has 0 atom stereocenters. The van der Waals surface area contributed by atoms with Crippen LogP contribution in [0.1, 0.15) is 43.7 Å². The van der Waals surface area contributed by atoms with E-state index in [1.54, 1.807) is 0 Å². The number of benzene rings is 1. The maximum atomic E-state index is 12.3. The van der Waals surface area contributed by atoms with Crippen molar-refractivity contribution in [3.05, 3.63) is 28.3 Å². The van der Waals surface area contributed by atoms with Crippen molar-refractivity contribution in [2.45, 2.75) is 44.6 Å². The molecule has 0 radical (unpaired) electrons. The van der Waals surface area contributed by atoms with Crippen molar-refractivity contribution in [1.82, 2.24) is 9.55 Å². The quantitative estimate of drug-likeness (QED) is 0.492. The zero-order valence-electron chi connectivity index (χ0n) is 12.9. The SMILES string of the molecule is I.O=C(O)CCn1c(=O)nc(C2CCCC2)c2c(O)c(O)ccc21. The van der Waals surface area contributed by atoms with Gasteiger partial charge in [-0.15, -0.1) is 24.0 Å². The Morgan fingerprint density at radius 2 is 1.92 bits per heavy atom. The molecule has 1 aliphatic rings. The van der Waals surface area contributed by atoms with Crippen molar-refractivity contribution in [1.29, 1.82) is 0 Å². The number of phenols is 2. The zero-order chi connectivity index (χ0) is 16.6. The molecule has 7 nitrogen and oxygen atoms in total. The Morgan fingerprint density at radius 3 is 2.54 bits per heavy atom. The Bertz CT molecular complexity index is 827. The molecule has 1 saturated carbocycles. The van der Waals surface area contributed by atoms with Crippen LogP contribution in [0.15, 0.2) is 16.9 Å². The van der Waals surface area contributed by atoms with Gasteiger partial charge in [0.2, 0.25) is 0 Å². The van der Waals surface area contributed by atoms with Crippen molar-refractivity contribution in [3.63, 3.8) is 0 Å². The summed E-state index contributed by atoms with van der Waals surface area (Å²) in [6.45, 7) is -0.0349. The van der Waals surface area contributed by atoms with Gasteiger partial charge in [0.15, 0.2) is 11.5 Å². The van der Waals surface area contributed by atoms with Crippen LogP contribution >= 0.6 is 24.0 Å². The molecule has 1 heterocycles. The summed E-state index contributed by atoms with van der Waals surface area (Å²) in [6, 6.07) is 2.82. The number of aromatic nitrogens is 2. The molecule has 1 fully saturated rings. The highest BCUT2D eigenvalue weighted by molar-refractivity contribution is 14.0. The third kappa shape index (κ3) is 3.33. The Balaban J connectivity index is 0.00000208. The van der Waals surface area contributed by atoms with Gasteiger partial charge in [-0.3, -0.25) is 9.36 Å². The average molecular weight is 446 g/mol. The molecule has 3 N–H and O–H groups in total. The summed E-state index contributed by atoms with van der Waals surface area (Å²) in [5.41, 5.74) is 0.386. The molecule has 0 aliphatic heterocycles. The maximum absolute atomic E-state index is 12.3. The van der Waals surface area contributed by atoms with Crippen LogP contribution in [0, 0.1) is 0 Å². The van der Waals surface area contributed by atoms with Crippen LogP contribution in [0.25, 0.3) is 10.9 Å². The number of carboxylic acid groups (broad SMARTS) is 1. The number of hydrogen-bond donors (Lipinski definition) is 3. The number of rotatable bonds is 4. The molecule has 0 unspecified atom stereocenters. The number of fused-ring (bicyclic) bond motifs is 1. The van der Waals surface area contributed by atoms with Gasteiger partial charge in [-0.2, -0.15) is 4.98 Å². The lowest BCUT2D eigenvalue weighted by molar-refractivity contribution is -0.137. The van der Waals surface area contributed by atoms with Crippen LogP contribution in [0.3, 0.4) is 0 Å². The Hall–Kier alpha value is -1.84. The second-order valence-electron chi connectivity index (χ2n) is 5.88. The Labute approximate surface area is 155 Å². The largest absolute Gasteiger partial charge is 0.504 e. The second-order valence-corrected chi connectivity index (χ2v) is 5.88. The van der Waals surface area contributed by atoms with Crippen molar-refractivity contribution in [2.75, 3.05) is 0 Å². The van der Waals surface area contributed by atoms with E-state index in [1.807, 2.05) is 0 Å². The second kappa shape index (κ2) is 7.37. The lowest BCUT2D eigenvalue weighted by Gasteiger charge is -2.16. The van der Waals surface area contributed by atoms with Gasteiger partial charge < -0.3 is 15.3 Å². The van der Waals surface area contributed by atoms with Crippen molar-refractivity contribution in [2.24, 2.45) is 0 Å². The minimum absolute atomic E-state index is 0. The van der Waals surface area contributed by atoms with E-state index in [4.69, 9.17) is 5.11 Å². The fraction of sp³-hybridized carbons (Fsp3) is 0.438. The summed E-state index contributed by atoms with van der Waals surface area (Å²) in [4.78, 5) is 27.2. The van der Waals surface area contributed by atoms with Gasteiger partial charge in [0.05, 0.1) is 23.0 Å². The topological polar surface area (TPSA) is 113 Å². The fourth-order valence-electron chi connectivity index (χ4n) is 3.29. The molecule has 1 aromatic heterocycles. The van der Waals surface area contributed by atoms with Gasteiger partial charge in [0, 0.05) is 12.5 Å². The van der Waals surface area contributed by atoms with Gasteiger partial charge in [0.25, 0.3) is 0 Å². The summed E-state index contributed by atoms with van der Waals surface area (Å²) in [7, 11) is 0. The van der Waals surface area contributed by atoms with Crippen LogP contribution in [0.5, 0.6) is 11.5 Å². The van der Waals surface area contributed by atoms with E-state index in [9.17, 15) is 19.8 Å². The molecule has 1 aliphatic carbocycles. The van der Waals surface area contributed by atoms with E-state index in [0.29, 0.717) is 16.6 Å². The van der Waals surface area contributed by atoms with Crippen LogP contribution in [-0.2, 0) is 11.3 Å². The first-order valence-electron chi connectivity index (χ1n) is 7.66. The van der Waals surface area contributed by atoms with Gasteiger partial charge in [0.1, 0.15) is 0 Å². The highest BCUT2D eigenvalue weighted by Crippen LogP contribution is 2.41. The summed E-state index contributed by atoms with van der Waals surface area (Å²) in [5.74, 6) is -1.53. The van der Waals surface area contributed by atoms with Gasteiger partial charge in [-0.1, -0.05) is 12.8 Å². The molecular weight excluding hydrogens is 427 g/mol. The molecular formula is C16H19IN2O5. The van der Waals surface area contributed by atoms with Crippen LogP contribution in [0.4, 0.5) is 0 Å². The number of hydrogen-bond acceptors (Lipinski definition) is 5. The number of carboxylic acids is 1. The predicted octanol–water partition coefficient (Wildman–Crippen LogP) is 2.56. The van der Waals surface area contributed by atoms with Crippen molar-refractivity contribution >= 4 is 40.8 Å². The minimum Gasteiger partial charge on any atom is -0.504 e. The number of aromatic hydroxyl groups is 2. The van der Waals surface area contributed by atoms with Gasteiger partial charge in [-0.05, 0) is 25.0 Å². The predicted molar refractivity (Wildman–Crippen MR) is 98.2 cm³/mol. The normalized spacial score (nSPS) is 14.7. The summed E-state index contributed by atoms with van der Waals surface area (Å²) in [5, 5.41) is 29.3. The van der Waals surface area contributed by atoms with Gasteiger partial charge in [-0.25, -0.2) is 4.79 Å². The first kappa shape index (κ1) is 18.5. The van der Waals surface area contributed by atoms with E-state index >= 15 is 0 Å². The molecule has 0 bridgehead atoms. The molecule has 8 heteroatoms. The maximum Gasteiger partial charge on any atom is 0.348 e. The Morgan fingerprint density at radius 1 is 1.25 bits per heavy atom. The minimum atomic E-state index is -1.02. The van der Waals surface area contributed by atoms with Crippen LogP contribution < -0.4 is 5.69 Å². The number of nitrogens with zero attached hydrogens (tertiary/aromatic N) is 2. The molecule has 2 aromatic rings. The van der Waals surface area contributed by atoms with Crippen LogP contribution in [0.2, 0.25) is 0 Å². The standard InChI is InChI=1S/C16H18N2O5.HI/c19-11-6-5-10-13(15(11)22)14(9-3-1-2-4-9)17-16(23)18(10)8-7-12(20)21;/h5-6,9,19,22H,1-4,7-8H2,(H,20,21);1H. The number of phenolic OH excluding ortho intramolecular Hbond substituents is 2. The van der Waals surface area contributed by atoms with Gasteiger partial charge >= 0.3 is 11.7 Å². The third-order valence-electron chi connectivity index (χ3n) is 4.42. The van der Waals surface area contributed by atoms with Crippen LogP contribution in [-0.4, -0.2) is 30.8 Å². The molecule has 0 amide bonds. The summed E-state index contributed by atoms with van der Waals surface area (Å²) >= 11 is 0. The summed E-state index contributed by atoms with van der Waals surface area (Å²) < 4.78 is 1.24. The average Bonchev–Trinajstić information content (AvgIpc) is 3.03. The third-order valence-corrected chi connectivity index (χ3v) is 4.42. The number of aryl methyl sites for hydroxylation is 1. The molecule has 0 saturated heterocycles. The zero-order valence-corrected chi connectivity index (χ0v) is 15.3. The van der Waals surface area contributed by atoms with E-state index in [1.165, 1.54) is 16.7 Å². The lowest BCUT2D eigenvalue weighted by Crippen LogP contribution is -2.26. The van der Waals surface area contributed by atoms with E-state index in [-0.39, 0.29) is 54.4 Å². The van der Waals surface area contributed by atoms with E-state index in [2.05, 4.69) is 4.98 Å². The summed E-state index contributed by atoms with van der Waals surface area (Å²) in [6.07, 6.45) is 3.62. The first-order valence-corrected chi connectivity index (χ1v) is 7.66. The van der Waals surface area contributed by atoms with E-state index in [0.717, 1.165) is 25.7 Å². The monoisotopic (exact) mass is 446 g/mol. The highest BCUT2D eigenvalue weighted by atomic mass is 127. The number of carbonyl (C=O) groups is 1. The molecule has 3 rings (SSSR count). The molecule has 1 aromatic carbocycles. The first-order chi connectivity index (χ1) is 11.0. The molecule has 130 valence electrons. The van der Waals surface area contributed by atoms with Crippen molar-refractivity contribution < 1.29 is 20.1 Å². The highest BCUT2D eigenvalue weighted by Gasteiger charge is 2.25. The number of aliphatic carboxylic acids is 1. The fourth-order valence-corrected chi connectivity index (χ4v) is 3.29.